The Morgan fingerprint density at radius 2 is 1.74 bits per heavy atom. The second kappa shape index (κ2) is 8.52. The lowest BCUT2D eigenvalue weighted by Gasteiger charge is -2.16. The highest BCUT2D eigenvalue weighted by molar-refractivity contribution is 5.89. The molecule has 0 fully saturated rings. The lowest BCUT2D eigenvalue weighted by atomic mass is 9.93. The summed E-state index contributed by atoms with van der Waals surface area (Å²) in [5.41, 5.74) is 3.14. The monoisotopic (exact) mass is 260 g/mol. The number of carbonyl (C=O) groups is 1. The zero-order valence-corrected chi connectivity index (χ0v) is 12.2. The average Bonchev–Trinajstić information content (AvgIpc) is 2.48. The molecule has 0 amide bonds. The van der Waals surface area contributed by atoms with E-state index in [1.54, 1.807) is 0 Å². The van der Waals surface area contributed by atoms with Gasteiger partial charge in [-0.15, -0.1) is 0 Å². The van der Waals surface area contributed by atoms with Crippen molar-refractivity contribution in [3.63, 3.8) is 0 Å². The molecule has 2 rings (SSSR count). The van der Waals surface area contributed by atoms with Crippen molar-refractivity contribution < 1.29 is 9.53 Å². The number of esters is 1. The van der Waals surface area contributed by atoms with Crippen LogP contribution in [-0.2, 0) is 16.1 Å². The molecule has 0 saturated heterocycles. The highest BCUT2D eigenvalue weighted by atomic mass is 16.5. The van der Waals surface area contributed by atoms with Crippen LogP contribution in [0.4, 0.5) is 0 Å². The van der Waals surface area contributed by atoms with Gasteiger partial charge in [-0.3, -0.25) is 0 Å². The molecule has 0 unspecified atom stereocenters. The maximum Gasteiger partial charge on any atom is 0.334 e. The highest BCUT2D eigenvalue weighted by Gasteiger charge is 2.17. The van der Waals surface area contributed by atoms with Crippen molar-refractivity contribution in [1.29, 1.82) is 0 Å². The summed E-state index contributed by atoms with van der Waals surface area (Å²) in [5, 5.41) is 0. The molecule has 104 valence electrons. The summed E-state index contributed by atoms with van der Waals surface area (Å²) < 4.78 is 5.34. The van der Waals surface area contributed by atoms with Crippen LogP contribution in [0, 0.1) is 0 Å². The van der Waals surface area contributed by atoms with E-state index in [1.807, 2.05) is 51.1 Å². The van der Waals surface area contributed by atoms with Crippen LogP contribution in [0.15, 0.2) is 41.5 Å². The van der Waals surface area contributed by atoms with Gasteiger partial charge >= 0.3 is 5.97 Å². The van der Waals surface area contributed by atoms with E-state index in [1.165, 1.54) is 12.0 Å². The molecule has 1 aliphatic carbocycles. The topological polar surface area (TPSA) is 26.3 Å². The minimum absolute atomic E-state index is 0.133. The van der Waals surface area contributed by atoms with Gasteiger partial charge in [-0.25, -0.2) is 4.79 Å². The standard InChI is InChI=1S/C15H18O2.C2H6/c1-12-7-5-6-10-14(12)15(16)17-11-13-8-3-2-4-9-13;1-2/h2-4,8-9H,5-7,10-11H2,1H3;1-2H3. The minimum atomic E-state index is -0.133. The van der Waals surface area contributed by atoms with E-state index in [-0.39, 0.29) is 5.97 Å². The van der Waals surface area contributed by atoms with Crippen LogP contribution in [0.2, 0.25) is 0 Å². The lowest BCUT2D eigenvalue weighted by Crippen LogP contribution is -2.12. The molecule has 0 bridgehead atoms. The first-order valence-corrected chi connectivity index (χ1v) is 7.17. The third kappa shape index (κ3) is 4.90. The van der Waals surface area contributed by atoms with Gasteiger partial charge < -0.3 is 4.74 Å². The SMILES string of the molecule is CC.CC1=C(C(=O)OCc2ccccc2)CCCC1. The fourth-order valence-electron chi connectivity index (χ4n) is 2.14. The predicted octanol–water partition coefficient (Wildman–Crippen LogP) is 4.65. The summed E-state index contributed by atoms with van der Waals surface area (Å²) in [4.78, 5) is 11.9. The van der Waals surface area contributed by atoms with Gasteiger partial charge in [-0.05, 0) is 38.2 Å². The Hall–Kier alpha value is -1.57. The van der Waals surface area contributed by atoms with Crippen molar-refractivity contribution in [3.8, 4) is 0 Å². The summed E-state index contributed by atoms with van der Waals surface area (Å²) in [5.74, 6) is -0.133. The van der Waals surface area contributed by atoms with Crippen LogP contribution < -0.4 is 0 Å². The van der Waals surface area contributed by atoms with E-state index in [2.05, 4.69) is 0 Å². The highest BCUT2D eigenvalue weighted by Crippen LogP contribution is 2.25. The number of hydrogen-bond donors (Lipinski definition) is 0. The molecule has 0 radical (unpaired) electrons. The van der Waals surface area contributed by atoms with Crippen molar-refractivity contribution in [2.24, 2.45) is 0 Å². The first kappa shape index (κ1) is 15.5. The van der Waals surface area contributed by atoms with E-state index in [4.69, 9.17) is 4.74 Å². The maximum absolute atomic E-state index is 11.9. The van der Waals surface area contributed by atoms with Crippen molar-refractivity contribution >= 4 is 5.97 Å². The predicted molar refractivity (Wildman–Crippen MR) is 78.8 cm³/mol. The van der Waals surface area contributed by atoms with Gasteiger partial charge in [-0.1, -0.05) is 49.8 Å². The zero-order chi connectivity index (χ0) is 14.1. The summed E-state index contributed by atoms with van der Waals surface area (Å²) in [6.45, 7) is 6.41. The summed E-state index contributed by atoms with van der Waals surface area (Å²) >= 11 is 0. The van der Waals surface area contributed by atoms with Crippen molar-refractivity contribution in [1.82, 2.24) is 0 Å². The van der Waals surface area contributed by atoms with E-state index in [9.17, 15) is 4.79 Å². The Morgan fingerprint density at radius 1 is 1.11 bits per heavy atom. The third-order valence-electron chi connectivity index (χ3n) is 3.20. The first-order chi connectivity index (χ1) is 9.27. The van der Waals surface area contributed by atoms with Crippen molar-refractivity contribution in [2.45, 2.75) is 53.1 Å². The average molecular weight is 260 g/mol. The number of rotatable bonds is 3. The van der Waals surface area contributed by atoms with E-state index >= 15 is 0 Å². The molecular weight excluding hydrogens is 236 g/mol. The van der Waals surface area contributed by atoms with Crippen LogP contribution in [0.5, 0.6) is 0 Å². The number of benzene rings is 1. The van der Waals surface area contributed by atoms with E-state index in [0.29, 0.717) is 6.61 Å². The summed E-state index contributed by atoms with van der Waals surface area (Å²) in [7, 11) is 0. The van der Waals surface area contributed by atoms with E-state index < -0.39 is 0 Å². The zero-order valence-electron chi connectivity index (χ0n) is 12.2. The molecular formula is C17H24O2. The van der Waals surface area contributed by atoms with Crippen LogP contribution >= 0.6 is 0 Å². The molecule has 1 aromatic rings. The molecule has 19 heavy (non-hydrogen) atoms. The van der Waals surface area contributed by atoms with Crippen molar-refractivity contribution in [2.75, 3.05) is 0 Å². The fourth-order valence-corrected chi connectivity index (χ4v) is 2.14. The third-order valence-corrected chi connectivity index (χ3v) is 3.20. The van der Waals surface area contributed by atoms with Gasteiger partial charge in [0.25, 0.3) is 0 Å². The quantitative estimate of drug-likeness (QED) is 0.740. The molecule has 0 aliphatic heterocycles. The number of allylic oxidation sites excluding steroid dienone is 1. The Bertz CT molecular complexity index is 418. The van der Waals surface area contributed by atoms with Gasteiger partial charge in [0.05, 0.1) is 0 Å². The van der Waals surface area contributed by atoms with Crippen LogP contribution in [0.1, 0.15) is 52.0 Å². The molecule has 0 aromatic heterocycles. The summed E-state index contributed by atoms with van der Waals surface area (Å²) in [6.07, 6.45) is 4.21. The maximum atomic E-state index is 11.9. The van der Waals surface area contributed by atoms with Gasteiger partial charge in [0.1, 0.15) is 6.61 Å². The number of hydrogen-bond acceptors (Lipinski definition) is 2. The van der Waals surface area contributed by atoms with Gasteiger partial charge in [-0.2, -0.15) is 0 Å². The molecule has 2 nitrogen and oxygen atoms in total. The molecule has 0 saturated carbocycles. The molecule has 2 heteroatoms. The first-order valence-electron chi connectivity index (χ1n) is 7.17. The fraction of sp³-hybridized carbons (Fsp3) is 0.471. The molecule has 0 N–H and O–H groups in total. The molecule has 1 aromatic carbocycles. The van der Waals surface area contributed by atoms with Gasteiger partial charge in [0, 0.05) is 5.57 Å². The van der Waals surface area contributed by atoms with Crippen LogP contribution in [0.3, 0.4) is 0 Å². The van der Waals surface area contributed by atoms with Crippen LogP contribution in [-0.4, -0.2) is 5.97 Å². The largest absolute Gasteiger partial charge is 0.457 e. The second-order valence-electron chi connectivity index (χ2n) is 4.53. The molecule has 0 atom stereocenters. The minimum Gasteiger partial charge on any atom is -0.457 e. The molecule has 0 heterocycles. The number of carbonyl (C=O) groups excluding carboxylic acids is 1. The van der Waals surface area contributed by atoms with Gasteiger partial charge in [0.2, 0.25) is 0 Å². The normalized spacial score (nSPS) is 14.5. The van der Waals surface area contributed by atoms with Gasteiger partial charge in [0.15, 0.2) is 0 Å². The molecule has 0 spiro atoms. The Labute approximate surface area is 116 Å². The Kier molecular flexibility index (Phi) is 6.94. The smallest absolute Gasteiger partial charge is 0.334 e. The Balaban J connectivity index is 0.000000861. The lowest BCUT2D eigenvalue weighted by molar-refractivity contribution is -0.140. The summed E-state index contributed by atoms with van der Waals surface area (Å²) in [6, 6.07) is 9.80. The van der Waals surface area contributed by atoms with Crippen molar-refractivity contribution in [3.05, 3.63) is 47.0 Å². The molecule has 1 aliphatic rings. The number of ether oxygens (including phenoxy) is 1. The Morgan fingerprint density at radius 3 is 2.37 bits per heavy atom. The van der Waals surface area contributed by atoms with Crippen LogP contribution in [0.25, 0.3) is 0 Å². The second-order valence-corrected chi connectivity index (χ2v) is 4.53. The van der Waals surface area contributed by atoms with E-state index in [0.717, 1.165) is 30.4 Å².